The van der Waals surface area contributed by atoms with E-state index < -0.39 is 0 Å². The van der Waals surface area contributed by atoms with Gasteiger partial charge in [-0.3, -0.25) is 4.79 Å². The number of hydrogen-bond donors (Lipinski definition) is 1. The lowest BCUT2D eigenvalue weighted by Crippen LogP contribution is -2.31. The third-order valence-corrected chi connectivity index (χ3v) is 2.71. The molecule has 0 radical (unpaired) electrons. The fourth-order valence-electron chi connectivity index (χ4n) is 1.43. The van der Waals surface area contributed by atoms with E-state index >= 15 is 0 Å². The molecule has 0 saturated heterocycles. The molecule has 2 N–H and O–H groups in total. The molecule has 4 nitrogen and oxygen atoms in total. The minimum absolute atomic E-state index is 0.0737. The third-order valence-electron chi connectivity index (χ3n) is 2.71. The lowest BCUT2D eigenvalue weighted by Gasteiger charge is -2.17. The molecule has 5 heteroatoms. The van der Waals surface area contributed by atoms with Gasteiger partial charge in [0, 0.05) is 25.2 Å². The van der Waals surface area contributed by atoms with E-state index in [1.165, 1.54) is 18.2 Å². The fraction of sp³-hybridized carbons (Fsp3) is 0.462. The molecule has 0 aliphatic carbocycles. The van der Waals surface area contributed by atoms with Crippen molar-refractivity contribution in [3.05, 3.63) is 29.6 Å². The van der Waals surface area contributed by atoms with Gasteiger partial charge in [-0.15, -0.1) is 0 Å². The zero-order chi connectivity index (χ0) is 13.7. The Morgan fingerprint density at radius 1 is 1.56 bits per heavy atom. The number of benzene rings is 1. The SMILES string of the molecule is CCN(C)C(=O)COc1ccc(F)cc1[C@@H](C)N. The van der Waals surface area contributed by atoms with Gasteiger partial charge < -0.3 is 15.4 Å². The quantitative estimate of drug-likeness (QED) is 0.870. The Labute approximate surface area is 107 Å². The second-order valence-electron chi connectivity index (χ2n) is 4.17. The van der Waals surface area contributed by atoms with Crippen molar-refractivity contribution in [2.24, 2.45) is 5.73 Å². The van der Waals surface area contributed by atoms with Crippen LogP contribution >= 0.6 is 0 Å². The van der Waals surface area contributed by atoms with Crippen LogP contribution in [-0.4, -0.2) is 31.0 Å². The van der Waals surface area contributed by atoms with E-state index in [-0.39, 0.29) is 24.4 Å². The van der Waals surface area contributed by atoms with Crippen LogP contribution in [0.4, 0.5) is 4.39 Å². The number of nitrogens with two attached hydrogens (primary N) is 1. The Hall–Kier alpha value is -1.62. The van der Waals surface area contributed by atoms with E-state index in [1.54, 1.807) is 18.9 Å². The van der Waals surface area contributed by atoms with Gasteiger partial charge in [-0.25, -0.2) is 4.39 Å². The van der Waals surface area contributed by atoms with Gasteiger partial charge in [0.05, 0.1) is 0 Å². The molecule has 0 heterocycles. The van der Waals surface area contributed by atoms with E-state index in [4.69, 9.17) is 10.5 Å². The molecule has 1 rings (SSSR count). The Morgan fingerprint density at radius 3 is 2.78 bits per heavy atom. The first-order valence-electron chi connectivity index (χ1n) is 5.87. The summed E-state index contributed by atoms with van der Waals surface area (Å²) in [6.45, 7) is 4.16. The van der Waals surface area contributed by atoms with Gasteiger partial charge in [-0.1, -0.05) is 0 Å². The molecule has 0 saturated carbocycles. The summed E-state index contributed by atoms with van der Waals surface area (Å²) in [5.74, 6) is -0.0478. The predicted octanol–water partition coefficient (Wildman–Crippen LogP) is 1.70. The average molecular weight is 254 g/mol. The maximum absolute atomic E-state index is 13.1. The molecule has 0 fully saturated rings. The average Bonchev–Trinajstić information content (AvgIpc) is 2.35. The smallest absolute Gasteiger partial charge is 0.260 e. The highest BCUT2D eigenvalue weighted by atomic mass is 19.1. The number of hydrogen-bond acceptors (Lipinski definition) is 3. The lowest BCUT2D eigenvalue weighted by molar-refractivity contribution is -0.131. The van der Waals surface area contributed by atoms with Crippen molar-refractivity contribution >= 4 is 5.91 Å². The molecule has 0 bridgehead atoms. The molecular formula is C13H19FN2O2. The number of likely N-dealkylation sites (N-methyl/N-ethyl adjacent to an activating group) is 1. The third kappa shape index (κ3) is 3.70. The minimum atomic E-state index is -0.369. The van der Waals surface area contributed by atoms with Gasteiger partial charge in [0.15, 0.2) is 6.61 Å². The Morgan fingerprint density at radius 2 is 2.22 bits per heavy atom. The molecule has 0 aliphatic rings. The Kier molecular flexibility index (Phi) is 5.09. The van der Waals surface area contributed by atoms with Gasteiger partial charge >= 0.3 is 0 Å². The number of nitrogens with zero attached hydrogens (tertiary/aromatic N) is 1. The van der Waals surface area contributed by atoms with Crippen molar-refractivity contribution in [3.8, 4) is 5.75 Å². The standard InChI is InChI=1S/C13H19FN2O2/c1-4-16(3)13(17)8-18-12-6-5-10(14)7-11(12)9(2)15/h5-7,9H,4,8,15H2,1-3H3/t9-/m1/s1. The van der Waals surface area contributed by atoms with Crippen LogP contribution in [0.1, 0.15) is 25.5 Å². The van der Waals surface area contributed by atoms with Crippen molar-refractivity contribution in [2.45, 2.75) is 19.9 Å². The number of halogens is 1. The van der Waals surface area contributed by atoms with Crippen LogP contribution in [0.3, 0.4) is 0 Å². The molecule has 1 aromatic carbocycles. The summed E-state index contributed by atoms with van der Waals surface area (Å²) in [6, 6.07) is 3.76. The van der Waals surface area contributed by atoms with Gasteiger partial charge in [0.25, 0.3) is 5.91 Å². The fourth-order valence-corrected chi connectivity index (χ4v) is 1.43. The van der Waals surface area contributed by atoms with E-state index in [2.05, 4.69) is 0 Å². The van der Waals surface area contributed by atoms with Crippen molar-refractivity contribution < 1.29 is 13.9 Å². The van der Waals surface area contributed by atoms with Crippen LogP contribution < -0.4 is 10.5 Å². The van der Waals surface area contributed by atoms with Gasteiger partial charge in [0.2, 0.25) is 0 Å². The first-order chi connectivity index (χ1) is 8.45. The molecule has 1 aromatic rings. The molecule has 0 aliphatic heterocycles. The van der Waals surface area contributed by atoms with E-state index in [9.17, 15) is 9.18 Å². The largest absolute Gasteiger partial charge is 0.483 e. The highest BCUT2D eigenvalue weighted by Gasteiger charge is 2.12. The van der Waals surface area contributed by atoms with Crippen molar-refractivity contribution in [1.29, 1.82) is 0 Å². The number of carbonyl (C=O) groups is 1. The summed E-state index contributed by atoms with van der Waals surface area (Å²) in [6.07, 6.45) is 0. The highest BCUT2D eigenvalue weighted by molar-refractivity contribution is 5.77. The lowest BCUT2D eigenvalue weighted by atomic mass is 10.1. The summed E-state index contributed by atoms with van der Waals surface area (Å²) in [7, 11) is 1.70. The second kappa shape index (κ2) is 6.35. The molecule has 1 amide bonds. The number of carbonyl (C=O) groups excluding carboxylic acids is 1. The van der Waals surface area contributed by atoms with E-state index in [0.717, 1.165) is 0 Å². The molecule has 0 aromatic heterocycles. The zero-order valence-corrected chi connectivity index (χ0v) is 10.9. The van der Waals surface area contributed by atoms with Crippen molar-refractivity contribution in [2.75, 3.05) is 20.2 Å². The van der Waals surface area contributed by atoms with Crippen LogP contribution in [0.5, 0.6) is 5.75 Å². The predicted molar refractivity (Wildman–Crippen MR) is 67.8 cm³/mol. The van der Waals surface area contributed by atoms with Crippen molar-refractivity contribution in [1.82, 2.24) is 4.90 Å². The monoisotopic (exact) mass is 254 g/mol. The van der Waals surface area contributed by atoms with Crippen LogP contribution in [0.2, 0.25) is 0 Å². The van der Waals surface area contributed by atoms with Crippen LogP contribution in [-0.2, 0) is 4.79 Å². The van der Waals surface area contributed by atoms with Gasteiger partial charge in [0.1, 0.15) is 11.6 Å². The molecule has 100 valence electrons. The number of rotatable bonds is 5. The van der Waals surface area contributed by atoms with E-state index in [1.807, 2.05) is 6.92 Å². The van der Waals surface area contributed by atoms with E-state index in [0.29, 0.717) is 17.9 Å². The number of amides is 1. The zero-order valence-electron chi connectivity index (χ0n) is 10.9. The van der Waals surface area contributed by atoms with Crippen LogP contribution in [0.25, 0.3) is 0 Å². The van der Waals surface area contributed by atoms with Gasteiger partial charge in [-0.2, -0.15) is 0 Å². The Balaban J connectivity index is 2.76. The molecular weight excluding hydrogens is 235 g/mol. The Bertz CT molecular complexity index is 421. The summed E-state index contributed by atoms with van der Waals surface area (Å²) >= 11 is 0. The summed E-state index contributed by atoms with van der Waals surface area (Å²) in [4.78, 5) is 13.1. The summed E-state index contributed by atoms with van der Waals surface area (Å²) in [5.41, 5.74) is 6.29. The first-order valence-corrected chi connectivity index (χ1v) is 5.87. The highest BCUT2D eigenvalue weighted by Crippen LogP contribution is 2.24. The van der Waals surface area contributed by atoms with Gasteiger partial charge in [-0.05, 0) is 32.0 Å². The first kappa shape index (κ1) is 14.4. The van der Waals surface area contributed by atoms with Crippen LogP contribution in [0, 0.1) is 5.82 Å². The number of ether oxygens (including phenoxy) is 1. The summed E-state index contributed by atoms with van der Waals surface area (Å²) < 4.78 is 18.5. The molecule has 0 unspecified atom stereocenters. The second-order valence-corrected chi connectivity index (χ2v) is 4.17. The maximum atomic E-state index is 13.1. The molecule has 1 atom stereocenters. The van der Waals surface area contributed by atoms with Crippen LogP contribution in [0.15, 0.2) is 18.2 Å². The maximum Gasteiger partial charge on any atom is 0.260 e. The van der Waals surface area contributed by atoms with Crippen molar-refractivity contribution in [3.63, 3.8) is 0 Å². The molecule has 0 spiro atoms. The molecule has 18 heavy (non-hydrogen) atoms. The summed E-state index contributed by atoms with van der Waals surface area (Å²) in [5, 5.41) is 0. The minimum Gasteiger partial charge on any atom is -0.483 e. The topological polar surface area (TPSA) is 55.6 Å². The normalized spacial score (nSPS) is 12.1.